The highest BCUT2D eigenvalue weighted by molar-refractivity contribution is 5.71. The van der Waals surface area contributed by atoms with E-state index in [1.807, 2.05) is 24.3 Å². The van der Waals surface area contributed by atoms with Crippen molar-refractivity contribution in [1.82, 2.24) is 5.16 Å². The zero-order valence-corrected chi connectivity index (χ0v) is 15.0. The van der Waals surface area contributed by atoms with Gasteiger partial charge >= 0.3 is 5.97 Å². The first-order valence-corrected chi connectivity index (χ1v) is 8.20. The van der Waals surface area contributed by atoms with Crippen LogP contribution in [0.25, 0.3) is 11.3 Å². The maximum absolute atomic E-state index is 11.8. The number of esters is 1. The molecule has 0 amide bonds. The largest absolute Gasteiger partial charge is 0.497 e. The molecule has 0 saturated heterocycles. The van der Waals surface area contributed by atoms with Crippen molar-refractivity contribution in [2.24, 2.45) is 0 Å². The SMILES string of the molecule is COc1ccc(-c2cc(COC(=O)COc3cccc(OC)c3)no2)cc1. The molecule has 3 aromatic rings. The summed E-state index contributed by atoms with van der Waals surface area (Å²) in [6.07, 6.45) is 0. The Balaban J connectivity index is 1.49. The Labute approximate surface area is 156 Å². The lowest BCUT2D eigenvalue weighted by atomic mass is 10.1. The van der Waals surface area contributed by atoms with Crippen molar-refractivity contribution < 1.29 is 28.3 Å². The number of hydrogen-bond donors (Lipinski definition) is 0. The molecule has 1 aromatic heterocycles. The Hall–Kier alpha value is -3.48. The molecule has 2 aromatic carbocycles. The number of hydrogen-bond acceptors (Lipinski definition) is 7. The Morgan fingerprint density at radius 3 is 2.44 bits per heavy atom. The Morgan fingerprint density at radius 2 is 1.70 bits per heavy atom. The lowest BCUT2D eigenvalue weighted by molar-refractivity contribution is -0.147. The third-order valence-electron chi connectivity index (χ3n) is 3.71. The first-order valence-electron chi connectivity index (χ1n) is 8.20. The summed E-state index contributed by atoms with van der Waals surface area (Å²) in [5.74, 6) is 2.00. The van der Waals surface area contributed by atoms with Gasteiger partial charge in [0.2, 0.25) is 0 Å². The van der Waals surface area contributed by atoms with Gasteiger partial charge in [0.1, 0.15) is 29.5 Å². The molecule has 3 rings (SSSR count). The van der Waals surface area contributed by atoms with Crippen molar-refractivity contribution in [2.75, 3.05) is 20.8 Å². The van der Waals surface area contributed by atoms with Crippen molar-refractivity contribution >= 4 is 5.97 Å². The van der Waals surface area contributed by atoms with E-state index in [1.165, 1.54) is 0 Å². The van der Waals surface area contributed by atoms with Gasteiger partial charge in [0.05, 0.1) is 14.2 Å². The van der Waals surface area contributed by atoms with Gasteiger partial charge in [-0.3, -0.25) is 0 Å². The van der Waals surface area contributed by atoms with Gasteiger partial charge in [-0.25, -0.2) is 4.79 Å². The van der Waals surface area contributed by atoms with Crippen LogP contribution in [0, 0.1) is 0 Å². The second-order valence-corrected chi connectivity index (χ2v) is 5.54. The fourth-order valence-corrected chi connectivity index (χ4v) is 2.30. The number of carbonyl (C=O) groups excluding carboxylic acids is 1. The number of aromatic nitrogens is 1. The van der Waals surface area contributed by atoms with Crippen LogP contribution < -0.4 is 14.2 Å². The van der Waals surface area contributed by atoms with Crippen LogP contribution in [-0.4, -0.2) is 32.0 Å². The second kappa shape index (κ2) is 8.75. The third kappa shape index (κ3) is 5.01. The smallest absolute Gasteiger partial charge is 0.344 e. The summed E-state index contributed by atoms with van der Waals surface area (Å²) < 4.78 is 26.0. The molecule has 140 valence electrons. The van der Waals surface area contributed by atoms with Crippen molar-refractivity contribution in [3.63, 3.8) is 0 Å². The van der Waals surface area contributed by atoms with E-state index < -0.39 is 5.97 Å². The van der Waals surface area contributed by atoms with Gasteiger partial charge in [-0.05, 0) is 36.4 Å². The fourth-order valence-electron chi connectivity index (χ4n) is 2.30. The quantitative estimate of drug-likeness (QED) is 0.562. The van der Waals surface area contributed by atoms with Gasteiger partial charge in [0.25, 0.3) is 0 Å². The van der Waals surface area contributed by atoms with E-state index in [0.717, 1.165) is 11.3 Å². The molecule has 0 atom stereocenters. The third-order valence-corrected chi connectivity index (χ3v) is 3.71. The minimum absolute atomic E-state index is 0.0000409. The first kappa shape index (κ1) is 18.3. The van der Waals surface area contributed by atoms with E-state index in [0.29, 0.717) is 23.0 Å². The van der Waals surface area contributed by atoms with Crippen LogP contribution in [0.15, 0.2) is 59.1 Å². The zero-order valence-electron chi connectivity index (χ0n) is 15.0. The number of ether oxygens (including phenoxy) is 4. The van der Waals surface area contributed by atoms with Crippen molar-refractivity contribution in [3.8, 4) is 28.6 Å². The predicted molar refractivity (Wildman–Crippen MR) is 96.8 cm³/mol. The molecular formula is C20H19NO6. The zero-order chi connectivity index (χ0) is 19.1. The lowest BCUT2D eigenvalue weighted by Crippen LogP contribution is -2.14. The maximum atomic E-state index is 11.8. The van der Waals surface area contributed by atoms with E-state index in [9.17, 15) is 4.79 Å². The Bertz CT molecular complexity index is 887. The van der Waals surface area contributed by atoms with E-state index in [-0.39, 0.29) is 13.2 Å². The average molecular weight is 369 g/mol. The normalized spacial score (nSPS) is 10.3. The standard InChI is InChI=1S/C20H19NO6/c1-23-16-8-6-14(7-9-16)19-10-15(21-27-19)12-26-20(22)13-25-18-5-3-4-17(11-18)24-2/h3-11H,12-13H2,1-2H3. The van der Waals surface area contributed by atoms with Crippen LogP contribution in [0.4, 0.5) is 0 Å². The van der Waals surface area contributed by atoms with Crippen LogP contribution in [0.2, 0.25) is 0 Å². The highest BCUT2D eigenvalue weighted by Crippen LogP contribution is 2.23. The van der Waals surface area contributed by atoms with Gasteiger partial charge < -0.3 is 23.5 Å². The molecule has 0 N–H and O–H groups in total. The van der Waals surface area contributed by atoms with Crippen LogP contribution in [0.1, 0.15) is 5.69 Å². The maximum Gasteiger partial charge on any atom is 0.344 e. The molecule has 0 radical (unpaired) electrons. The molecular weight excluding hydrogens is 350 g/mol. The van der Waals surface area contributed by atoms with Crippen molar-refractivity contribution in [1.29, 1.82) is 0 Å². The molecule has 0 bridgehead atoms. The highest BCUT2D eigenvalue weighted by Gasteiger charge is 2.10. The van der Waals surface area contributed by atoms with Gasteiger partial charge in [-0.2, -0.15) is 0 Å². The molecule has 0 aliphatic heterocycles. The van der Waals surface area contributed by atoms with E-state index in [4.69, 9.17) is 23.5 Å². The minimum Gasteiger partial charge on any atom is -0.497 e. The van der Waals surface area contributed by atoms with Crippen molar-refractivity contribution in [2.45, 2.75) is 6.61 Å². The van der Waals surface area contributed by atoms with Crippen LogP contribution in [0.3, 0.4) is 0 Å². The summed E-state index contributed by atoms with van der Waals surface area (Å²) >= 11 is 0. The fraction of sp³-hybridized carbons (Fsp3) is 0.200. The molecule has 1 heterocycles. The van der Waals surface area contributed by atoms with E-state index in [2.05, 4.69) is 5.16 Å². The summed E-state index contributed by atoms with van der Waals surface area (Å²) in [5.41, 5.74) is 1.36. The van der Waals surface area contributed by atoms with Crippen LogP contribution in [0.5, 0.6) is 17.2 Å². The Kier molecular flexibility index (Phi) is 5.94. The second-order valence-electron chi connectivity index (χ2n) is 5.54. The molecule has 27 heavy (non-hydrogen) atoms. The van der Waals surface area contributed by atoms with Gasteiger partial charge in [-0.15, -0.1) is 0 Å². The summed E-state index contributed by atoms with van der Waals surface area (Å²) in [5, 5.41) is 3.91. The number of methoxy groups -OCH3 is 2. The van der Waals surface area contributed by atoms with Crippen LogP contribution >= 0.6 is 0 Å². The van der Waals surface area contributed by atoms with Gasteiger partial charge in [0, 0.05) is 17.7 Å². The molecule has 7 nitrogen and oxygen atoms in total. The summed E-state index contributed by atoms with van der Waals surface area (Å²) in [7, 11) is 3.17. The highest BCUT2D eigenvalue weighted by atomic mass is 16.6. The molecule has 0 spiro atoms. The first-order chi connectivity index (χ1) is 13.2. The number of benzene rings is 2. The summed E-state index contributed by atoms with van der Waals surface area (Å²) in [6, 6.07) is 16.1. The van der Waals surface area contributed by atoms with E-state index in [1.54, 1.807) is 44.6 Å². The predicted octanol–water partition coefficient (Wildman–Crippen LogP) is 3.48. The summed E-state index contributed by atoms with van der Waals surface area (Å²) in [6.45, 7) is -0.212. The topological polar surface area (TPSA) is 80.0 Å². The number of nitrogens with zero attached hydrogens (tertiary/aromatic N) is 1. The molecule has 0 aliphatic rings. The molecule has 0 saturated carbocycles. The van der Waals surface area contributed by atoms with Crippen LogP contribution in [-0.2, 0) is 16.1 Å². The summed E-state index contributed by atoms with van der Waals surface area (Å²) in [4.78, 5) is 11.8. The minimum atomic E-state index is -0.508. The molecule has 0 aliphatic carbocycles. The molecule has 0 fully saturated rings. The molecule has 7 heteroatoms. The van der Waals surface area contributed by atoms with Gasteiger partial charge in [0.15, 0.2) is 12.4 Å². The number of rotatable bonds is 8. The average Bonchev–Trinajstić information content (AvgIpc) is 3.20. The van der Waals surface area contributed by atoms with Gasteiger partial charge in [-0.1, -0.05) is 11.2 Å². The van der Waals surface area contributed by atoms with Crippen molar-refractivity contribution in [3.05, 3.63) is 60.3 Å². The molecule has 0 unspecified atom stereocenters. The Morgan fingerprint density at radius 1 is 0.963 bits per heavy atom. The number of carbonyl (C=O) groups is 1. The monoisotopic (exact) mass is 369 g/mol. The lowest BCUT2D eigenvalue weighted by Gasteiger charge is -2.07. The van der Waals surface area contributed by atoms with E-state index >= 15 is 0 Å².